The van der Waals surface area contributed by atoms with Crippen LogP contribution in [0.2, 0.25) is 0 Å². The van der Waals surface area contributed by atoms with Crippen molar-refractivity contribution in [1.29, 1.82) is 0 Å². The van der Waals surface area contributed by atoms with Gasteiger partial charge in [-0.1, -0.05) is 141 Å². The Hall–Kier alpha value is -2.15. The van der Waals surface area contributed by atoms with E-state index >= 15 is 0 Å². The van der Waals surface area contributed by atoms with Crippen molar-refractivity contribution in [2.75, 3.05) is 6.54 Å². The minimum absolute atomic E-state index is 0.0151. The molecule has 0 radical (unpaired) electrons. The normalized spacial score (nSPS) is 12.9. The van der Waals surface area contributed by atoms with E-state index in [-0.39, 0.29) is 18.0 Å². The molecule has 7 nitrogen and oxygen atoms in total. The molecule has 0 rings (SSSR count). The Morgan fingerprint density at radius 1 is 0.580 bits per heavy atom. The third kappa shape index (κ3) is 34.3. The maximum atomic E-state index is 12.7. The van der Waals surface area contributed by atoms with Gasteiger partial charge in [-0.25, -0.2) is 4.79 Å². The fourth-order valence-corrected chi connectivity index (χ4v) is 6.30. The van der Waals surface area contributed by atoms with E-state index in [0.29, 0.717) is 32.2 Å². The Kier molecular flexibility index (Phi) is 36.5. The zero-order chi connectivity index (χ0) is 36.8. The molecule has 0 aliphatic heterocycles. The van der Waals surface area contributed by atoms with Gasteiger partial charge < -0.3 is 20.9 Å². The number of hydrogen-bond acceptors (Lipinski definition) is 5. The van der Waals surface area contributed by atoms with Crippen molar-refractivity contribution < 1.29 is 24.2 Å². The van der Waals surface area contributed by atoms with Crippen LogP contribution in [0.15, 0.2) is 24.3 Å². The van der Waals surface area contributed by atoms with Gasteiger partial charge in [-0.15, -0.1) is 0 Å². The third-order valence-electron chi connectivity index (χ3n) is 9.52. The number of carboxylic acids is 1. The minimum atomic E-state index is -1.00. The summed E-state index contributed by atoms with van der Waals surface area (Å²) in [6, 6.07) is -0.854. The summed E-state index contributed by atoms with van der Waals surface area (Å²) in [5.41, 5.74) is 5.47. The van der Waals surface area contributed by atoms with E-state index in [0.717, 1.165) is 70.6 Å². The lowest BCUT2D eigenvalue weighted by molar-refractivity contribution is -0.150. The molecule has 0 aromatic heterocycles. The highest BCUT2D eigenvalue weighted by atomic mass is 16.5. The molecule has 2 atom stereocenters. The number of carbonyl (C=O) groups excluding carboxylic acids is 2. The number of amides is 1. The number of carboxylic acid groups (broad SMARTS) is 1. The zero-order valence-electron chi connectivity index (χ0n) is 32.7. The number of carbonyl (C=O) groups is 3. The topological polar surface area (TPSA) is 119 Å². The Morgan fingerprint density at radius 2 is 1.04 bits per heavy atom. The molecule has 0 heterocycles. The lowest BCUT2D eigenvalue weighted by atomic mass is 10.0. The Balaban J connectivity index is 4.16. The third-order valence-corrected chi connectivity index (χ3v) is 9.52. The quantitative estimate of drug-likeness (QED) is 0.0334. The molecule has 7 heteroatoms. The second kappa shape index (κ2) is 38.1. The van der Waals surface area contributed by atoms with Crippen LogP contribution in [0.3, 0.4) is 0 Å². The van der Waals surface area contributed by atoms with E-state index in [1.165, 1.54) is 103 Å². The van der Waals surface area contributed by atoms with Crippen LogP contribution in [-0.2, 0) is 19.1 Å². The number of aliphatic carboxylic acids is 1. The van der Waals surface area contributed by atoms with Crippen molar-refractivity contribution in [2.45, 2.75) is 225 Å². The van der Waals surface area contributed by atoms with Crippen LogP contribution in [0.25, 0.3) is 0 Å². The van der Waals surface area contributed by atoms with Crippen molar-refractivity contribution in [3.05, 3.63) is 24.3 Å². The smallest absolute Gasteiger partial charge is 0.326 e. The van der Waals surface area contributed by atoms with Crippen LogP contribution in [0, 0.1) is 0 Å². The molecule has 292 valence electrons. The molecule has 4 N–H and O–H groups in total. The van der Waals surface area contributed by atoms with Crippen molar-refractivity contribution in [2.24, 2.45) is 5.73 Å². The Morgan fingerprint density at radius 3 is 1.58 bits per heavy atom. The van der Waals surface area contributed by atoms with Gasteiger partial charge >= 0.3 is 11.9 Å². The van der Waals surface area contributed by atoms with Gasteiger partial charge in [0, 0.05) is 12.8 Å². The lowest BCUT2D eigenvalue weighted by Crippen LogP contribution is -2.40. The Bertz CT molecular complexity index is 843. The molecule has 0 saturated carbocycles. The maximum Gasteiger partial charge on any atom is 0.326 e. The van der Waals surface area contributed by atoms with Crippen LogP contribution in [-0.4, -0.2) is 41.6 Å². The molecule has 0 aromatic carbocycles. The molecule has 0 saturated heterocycles. The van der Waals surface area contributed by atoms with Crippen LogP contribution in [0.1, 0.15) is 213 Å². The molecule has 0 aromatic rings. The SMILES string of the molecule is CCCCC/C=C\C/C=C\CCCCCCCCCC(=O)OC(CCCCCCCCC)CCCCCCCC(=O)NC(CCCN)C(=O)O. The molecule has 2 unspecified atom stereocenters. The van der Waals surface area contributed by atoms with Crippen molar-refractivity contribution in [1.82, 2.24) is 5.32 Å². The molecule has 0 bridgehead atoms. The maximum absolute atomic E-state index is 12.7. The summed E-state index contributed by atoms with van der Waals surface area (Å²) in [5.74, 6) is -1.24. The average molecular weight is 705 g/mol. The first-order valence-electron chi connectivity index (χ1n) is 21.2. The first-order valence-corrected chi connectivity index (χ1v) is 21.2. The van der Waals surface area contributed by atoms with Gasteiger partial charge in [0.1, 0.15) is 12.1 Å². The fourth-order valence-electron chi connectivity index (χ4n) is 6.30. The molecule has 0 spiro atoms. The monoisotopic (exact) mass is 705 g/mol. The van der Waals surface area contributed by atoms with Gasteiger partial charge in [0.2, 0.25) is 5.91 Å². The van der Waals surface area contributed by atoms with Crippen molar-refractivity contribution in [3.63, 3.8) is 0 Å². The van der Waals surface area contributed by atoms with Crippen LogP contribution in [0.4, 0.5) is 0 Å². The average Bonchev–Trinajstić information content (AvgIpc) is 3.10. The van der Waals surface area contributed by atoms with E-state index in [4.69, 9.17) is 10.5 Å². The molecule has 50 heavy (non-hydrogen) atoms. The van der Waals surface area contributed by atoms with Crippen LogP contribution in [0.5, 0.6) is 0 Å². The first-order chi connectivity index (χ1) is 24.4. The summed E-state index contributed by atoms with van der Waals surface area (Å²) in [7, 11) is 0. The molecule has 0 fully saturated rings. The number of esters is 1. The predicted octanol–water partition coefficient (Wildman–Crippen LogP) is 11.7. The van der Waals surface area contributed by atoms with E-state index in [2.05, 4.69) is 43.5 Å². The highest BCUT2D eigenvalue weighted by Crippen LogP contribution is 2.19. The molecule has 0 aliphatic carbocycles. The number of allylic oxidation sites excluding steroid dienone is 4. The lowest BCUT2D eigenvalue weighted by Gasteiger charge is -2.18. The summed E-state index contributed by atoms with van der Waals surface area (Å²) >= 11 is 0. The number of ether oxygens (including phenoxy) is 1. The second-order valence-corrected chi connectivity index (χ2v) is 14.4. The summed E-state index contributed by atoms with van der Waals surface area (Å²) in [6.07, 6.45) is 42.2. The number of nitrogens with one attached hydrogen (secondary N) is 1. The van der Waals surface area contributed by atoms with Gasteiger partial charge in [0.25, 0.3) is 0 Å². The first kappa shape index (κ1) is 47.8. The standard InChI is InChI=1S/C43H80N2O5/c1-3-5-7-9-11-12-13-14-15-16-17-18-19-20-22-27-31-37-42(47)50-39(33-28-24-21-10-8-6-4-2)34-29-25-23-26-30-36-41(46)45-40(43(48)49)35-32-38-44/h11-12,14-15,39-40H,3-10,13,16-38,44H2,1-2H3,(H,45,46)(H,48,49)/b12-11-,15-14-. The van der Waals surface area contributed by atoms with Gasteiger partial charge in [0.15, 0.2) is 0 Å². The van der Waals surface area contributed by atoms with Gasteiger partial charge in [-0.05, 0) is 90.0 Å². The molecular weight excluding hydrogens is 624 g/mol. The van der Waals surface area contributed by atoms with Gasteiger partial charge in [-0.3, -0.25) is 9.59 Å². The summed E-state index contributed by atoms with van der Waals surface area (Å²) < 4.78 is 6.01. The zero-order valence-corrected chi connectivity index (χ0v) is 32.7. The van der Waals surface area contributed by atoms with Crippen LogP contribution < -0.4 is 11.1 Å². The summed E-state index contributed by atoms with van der Waals surface area (Å²) in [4.78, 5) is 36.2. The van der Waals surface area contributed by atoms with E-state index < -0.39 is 12.0 Å². The van der Waals surface area contributed by atoms with Gasteiger partial charge in [0.05, 0.1) is 0 Å². The molecule has 0 aliphatic rings. The molecule has 1 amide bonds. The van der Waals surface area contributed by atoms with E-state index in [1.54, 1.807) is 0 Å². The Labute approximate surface area is 308 Å². The highest BCUT2D eigenvalue weighted by Gasteiger charge is 2.19. The van der Waals surface area contributed by atoms with E-state index in [1.807, 2.05) is 0 Å². The minimum Gasteiger partial charge on any atom is -0.480 e. The van der Waals surface area contributed by atoms with Crippen molar-refractivity contribution >= 4 is 17.8 Å². The van der Waals surface area contributed by atoms with Crippen molar-refractivity contribution in [3.8, 4) is 0 Å². The second-order valence-electron chi connectivity index (χ2n) is 14.4. The summed E-state index contributed by atoms with van der Waals surface area (Å²) in [5, 5.41) is 11.9. The predicted molar refractivity (Wildman–Crippen MR) is 211 cm³/mol. The highest BCUT2D eigenvalue weighted by molar-refractivity contribution is 5.83. The van der Waals surface area contributed by atoms with E-state index in [9.17, 15) is 19.5 Å². The number of rotatable bonds is 38. The van der Waals surface area contributed by atoms with Crippen LogP contribution >= 0.6 is 0 Å². The fraction of sp³-hybridized carbons (Fsp3) is 0.837. The summed E-state index contributed by atoms with van der Waals surface area (Å²) in [6.45, 7) is 4.91. The molecular formula is C43H80N2O5. The number of nitrogens with two attached hydrogens (primary N) is 1. The largest absolute Gasteiger partial charge is 0.480 e. The number of unbranched alkanes of at least 4 members (excludes halogenated alkanes) is 20. The number of hydrogen-bond donors (Lipinski definition) is 3. The van der Waals surface area contributed by atoms with Gasteiger partial charge in [-0.2, -0.15) is 0 Å².